The molecule has 0 spiro atoms. The lowest BCUT2D eigenvalue weighted by molar-refractivity contribution is 0.603. The molecular formula is C18H16Cl2N2O2S2. The maximum absolute atomic E-state index is 12.9. The average Bonchev–Trinajstić information content (AvgIpc) is 2.62. The second-order valence-corrected chi connectivity index (χ2v) is 9.02. The Morgan fingerprint density at radius 2 is 1.81 bits per heavy atom. The van der Waals surface area contributed by atoms with Crippen LogP contribution >= 0.6 is 35.0 Å². The van der Waals surface area contributed by atoms with Gasteiger partial charge in [-0.05, 0) is 48.6 Å². The number of rotatable bonds is 7. The van der Waals surface area contributed by atoms with Gasteiger partial charge in [0, 0.05) is 5.02 Å². The van der Waals surface area contributed by atoms with E-state index in [1.54, 1.807) is 24.3 Å². The largest absolute Gasteiger partial charge is 0.347 e. The van der Waals surface area contributed by atoms with Crippen molar-refractivity contribution in [1.29, 1.82) is 5.26 Å². The monoisotopic (exact) mass is 426 g/mol. The second kappa shape index (κ2) is 9.33. The molecule has 136 valence electrons. The van der Waals surface area contributed by atoms with Gasteiger partial charge >= 0.3 is 0 Å². The first kappa shape index (κ1) is 20.7. The summed E-state index contributed by atoms with van der Waals surface area (Å²) in [6, 6.07) is 14.5. The molecule has 4 nitrogen and oxygen atoms in total. The van der Waals surface area contributed by atoms with Crippen molar-refractivity contribution in [2.45, 2.75) is 18.2 Å². The lowest BCUT2D eigenvalue weighted by Crippen LogP contribution is -2.10. The number of nitrogens with zero attached hydrogens (tertiary/aromatic N) is 1. The summed E-state index contributed by atoms with van der Waals surface area (Å²) < 4.78 is 25.9. The Balaban J connectivity index is 2.55. The number of thioether (sulfide) groups is 1. The topological polar surface area (TPSA) is 70.0 Å². The van der Waals surface area contributed by atoms with Crippen molar-refractivity contribution < 1.29 is 8.42 Å². The third-order valence-corrected chi connectivity index (χ3v) is 6.92. The zero-order valence-electron chi connectivity index (χ0n) is 13.9. The summed E-state index contributed by atoms with van der Waals surface area (Å²) in [6.07, 6.45) is 0.818. The van der Waals surface area contributed by atoms with Gasteiger partial charge in [0.15, 0.2) is 4.91 Å². The highest BCUT2D eigenvalue weighted by Gasteiger charge is 2.25. The number of allylic oxidation sites excluding steroid dienone is 1. The fourth-order valence-electron chi connectivity index (χ4n) is 2.01. The molecule has 0 atom stereocenters. The van der Waals surface area contributed by atoms with Gasteiger partial charge < -0.3 is 5.32 Å². The van der Waals surface area contributed by atoms with Gasteiger partial charge in [-0.15, -0.1) is 11.8 Å². The summed E-state index contributed by atoms with van der Waals surface area (Å²) >= 11 is 13.3. The van der Waals surface area contributed by atoms with E-state index in [2.05, 4.69) is 5.32 Å². The van der Waals surface area contributed by atoms with E-state index in [9.17, 15) is 13.7 Å². The van der Waals surface area contributed by atoms with E-state index < -0.39 is 9.84 Å². The summed E-state index contributed by atoms with van der Waals surface area (Å²) in [5.74, 6) is 0.647. The van der Waals surface area contributed by atoms with E-state index in [0.29, 0.717) is 21.5 Å². The highest BCUT2D eigenvalue weighted by molar-refractivity contribution is 8.04. The first-order valence-corrected chi connectivity index (χ1v) is 10.9. The van der Waals surface area contributed by atoms with Crippen molar-refractivity contribution in [3.63, 3.8) is 0 Å². The minimum atomic E-state index is -4.00. The van der Waals surface area contributed by atoms with Crippen LogP contribution < -0.4 is 5.32 Å². The van der Waals surface area contributed by atoms with Gasteiger partial charge in [-0.2, -0.15) is 5.26 Å². The smallest absolute Gasteiger partial charge is 0.219 e. The van der Waals surface area contributed by atoms with Crippen LogP contribution in [0.25, 0.3) is 0 Å². The number of sulfone groups is 1. The third kappa shape index (κ3) is 4.95. The molecule has 0 aromatic heterocycles. The maximum atomic E-state index is 12.9. The van der Waals surface area contributed by atoms with Gasteiger partial charge in [0.1, 0.15) is 11.1 Å². The number of nitriles is 1. The van der Waals surface area contributed by atoms with Crippen LogP contribution in [0.4, 0.5) is 5.69 Å². The van der Waals surface area contributed by atoms with E-state index >= 15 is 0 Å². The lowest BCUT2D eigenvalue weighted by Gasteiger charge is -2.14. The Labute approximate surface area is 167 Å². The summed E-state index contributed by atoms with van der Waals surface area (Å²) in [4.78, 5) is -0.341. The number of hydrogen-bond donors (Lipinski definition) is 1. The molecule has 0 radical (unpaired) electrons. The van der Waals surface area contributed by atoms with Crippen LogP contribution in [0, 0.1) is 11.3 Å². The van der Waals surface area contributed by atoms with Crippen molar-refractivity contribution in [3.8, 4) is 6.07 Å². The minimum Gasteiger partial charge on any atom is -0.347 e. The van der Waals surface area contributed by atoms with Crippen LogP contribution in [0.5, 0.6) is 0 Å². The predicted molar refractivity (Wildman–Crippen MR) is 109 cm³/mol. The maximum Gasteiger partial charge on any atom is 0.219 e. The fourth-order valence-corrected chi connectivity index (χ4v) is 4.74. The quantitative estimate of drug-likeness (QED) is 0.573. The summed E-state index contributed by atoms with van der Waals surface area (Å²) in [6.45, 7) is 1.97. The Morgan fingerprint density at radius 1 is 1.15 bits per heavy atom. The Kier molecular flexibility index (Phi) is 7.42. The van der Waals surface area contributed by atoms with Crippen LogP contribution in [0.1, 0.15) is 13.3 Å². The number of para-hydroxylation sites is 1. The van der Waals surface area contributed by atoms with Gasteiger partial charge in [0.2, 0.25) is 9.84 Å². The van der Waals surface area contributed by atoms with Gasteiger partial charge in [-0.25, -0.2) is 8.42 Å². The minimum absolute atomic E-state index is 0.00834. The normalized spacial score (nSPS) is 12.2. The van der Waals surface area contributed by atoms with E-state index in [4.69, 9.17) is 23.2 Å². The number of anilines is 1. The van der Waals surface area contributed by atoms with Gasteiger partial charge in [0.05, 0.1) is 15.6 Å². The molecule has 2 rings (SSSR count). The Morgan fingerprint density at radius 3 is 2.38 bits per heavy atom. The van der Waals surface area contributed by atoms with E-state index in [1.165, 1.54) is 36.0 Å². The third-order valence-electron chi connectivity index (χ3n) is 3.27. The zero-order chi connectivity index (χ0) is 19.2. The standard InChI is InChI=1S/C18H16Cl2N2O2S2/c1-2-11-25-18(22-16-6-4-3-5-15(16)20)17(12-21)26(23,24)14-9-7-13(19)8-10-14/h3-10,22H,2,11H2,1H3/b18-17+. The first-order chi connectivity index (χ1) is 12.4. The highest BCUT2D eigenvalue weighted by Crippen LogP contribution is 2.32. The fraction of sp³-hybridized carbons (Fsp3) is 0.167. The van der Waals surface area contributed by atoms with E-state index in [0.717, 1.165) is 6.42 Å². The molecule has 0 amide bonds. The molecule has 0 heterocycles. The SMILES string of the molecule is CCCS/C(Nc1ccccc1Cl)=C(\C#N)S(=O)(=O)c1ccc(Cl)cc1. The molecule has 0 fully saturated rings. The van der Waals surface area contributed by atoms with Crippen LogP contribution in [0.3, 0.4) is 0 Å². The van der Waals surface area contributed by atoms with E-state index in [-0.39, 0.29) is 14.8 Å². The van der Waals surface area contributed by atoms with Crippen molar-refractivity contribution in [2.75, 3.05) is 11.1 Å². The second-order valence-electron chi connectivity index (χ2n) is 5.18. The van der Waals surface area contributed by atoms with Crippen molar-refractivity contribution >= 4 is 50.5 Å². The van der Waals surface area contributed by atoms with Gasteiger partial charge in [-0.1, -0.05) is 42.3 Å². The summed E-state index contributed by atoms with van der Waals surface area (Å²) in [7, 11) is -4.00. The molecule has 2 aromatic carbocycles. The lowest BCUT2D eigenvalue weighted by atomic mass is 10.3. The molecule has 0 saturated carbocycles. The number of nitrogens with one attached hydrogen (secondary N) is 1. The van der Waals surface area contributed by atoms with Gasteiger partial charge in [-0.3, -0.25) is 0 Å². The van der Waals surface area contributed by atoms with Gasteiger partial charge in [0.25, 0.3) is 0 Å². The highest BCUT2D eigenvalue weighted by atomic mass is 35.5. The van der Waals surface area contributed by atoms with Crippen molar-refractivity contribution in [3.05, 3.63) is 68.5 Å². The van der Waals surface area contributed by atoms with Crippen molar-refractivity contribution in [2.24, 2.45) is 0 Å². The van der Waals surface area contributed by atoms with Crippen LogP contribution in [-0.2, 0) is 9.84 Å². The molecule has 2 aromatic rings. The molecule has 1 N–H and O–H groups in total. The molecular weight excluding hydrogens is 411 g/mol. The van der Waals surface area contributed by atoms with E-state index in [1.807, 2.05) is 13.0 Å². The number of halogens is 2. The molecule has 0 aliphatic heterocycles. The molecule has 0 aliphatic carbocycles. The Hall–Kier alpha value is -1.65. The molecule has 26 heavy (non-hydrogen) atoms. The van der Waals surface area contributed by atoms with Crippen LogP contribution in [0.2, 0.25) is 10.0 Å². The summed E-state index contributed by atoms with van der Waals surface area (Å²) in [5.41, 5.74) is 0.534. The molecule has 8 heteroatoms. The summed E-state index contributed by atoms with van der Waals surface area (Å²) in [5, 5.41) is 13.7. The molecule has 0 unspecified atom stereocenters. The Bertz CT molecular complexity index is 950. The first-order valence-electron chi connectivity index (χ1n) is 7.69. The number of hydrogen-bond acceptors (Lipinski definition) is 5. The van der Waals surface area contributed by atoms with Crippen LogP contribution in [0.15, 0.2) is 63.4 Å². The number of benzene rings is 2. The van der Waals surface area contributed by atoms with Crippen molar-refractivity contribution in [1.82, 2.24) is 0 Å². The molecule has 0 aliphatic rings. The molecule has 0 bridgehead atoms. The zero-order valence-corrected chi connectivity index (χ0v) is 17.0. The van der Waals surface area contributed by atoms with Crippen LogP contribution in [-0.4, -0.2) is 14.2 Å². The molecule has 0 saturated heterocycles. The predicted octanol–water partition coefficient (Wildman–Crippen LogP) is 5.72. The average molecular weight is 427 g/mol.